The molecule has 0 aliphatic heterocycles. The van der Waals surface area contributed by atoms with E-state index in [9.17, 15) is 0 Å². The van der Waals surface area contributed by atoms with Crippen LogP contribution in [0.2, 0.25) is 0 Å². The first-order chi connectivity index (χ1) is 8.70. The molecule has 1 aromatic carbocycles. The van der Waals surface area contributed by atoms with Crippen LogP contribution in [0.3, 0.4) is 0 Å². The second kappa shape index (κ2) is 4.03. The Morgan fingerprint density at radius 2 is 2.00 bits per heavy atom. The van der Waals surface area contributed by atoms with E-state index in [2.05, 4.69) is 10.4 Å². The van der Waals surface area contributed by atoms with Crippen LogP contribution in [-0.4, -0.2) is 16.5 Å². The Labute approximate surface area is 109 Å². The fraction of sp³-hybridized carbons (Fsp3) is 0.154. The Balaban J connectivity index is 2.15. The van der Waals surface area contributed by atoms with E-state index < -0.39 is 0 Å². The van der Waals surface area contributed by atoms with E-state index in [1.165, 1.54) is 0 Å². The number of anilines is 1. The van der Waals surface area contributed by atoms with Crippen LogP contribution in [0.4, 0.5) is 5.82 Å². The highest BCUT2D eigenvalue weighted by molar-refractivity contribution is 7.15. The second-order valence-corrected chi connectivity index (χ2v) is 4.91. The van der Waals surface area contributed by atoms with Crippen molar-refractivity contribution in [2.45, 2.75) is 6.92 Å². The van der Waals surface area contributed by atoms with Gasteiger partial charge in [0.15, 0.2) is 4.96 Å². The van der Waals surface area contributed by atoms with Gasteiger partial charge in [-0.25, -0.2) is 4.98 Å². The first kappa shape index (κ1) is 11.1. The van der Waals surface area contributed by atoms with Crippen molar-refractivity contribution in [3.05, 3.63) is 35.3 Å². The molecule has 0 radical (unpaired) electrons. The lowest BCUT2D eigenvalue weighted by atomic mass is 10.1. The third-order valence-electron chi connectivity index (χ3n) is 2.93. The molecule has 0 bridgehead atoms. The summed E-state index contributed by atoms with van der Waals surface area (Å²) in [7, 11) is 1.65. The number of rotatable bonds is 2. The minimum atomic E-state index is 0.689. The molecule has 2 aromatic heterocycles. The molecular weight excluding hydrogens is 246 g/mol. The van der Waals surface area contributed by atoms with Crippen molar-refractivity contribution < 1.29 is 4.74 Å². The van der Waals surface area contributed by atoms with E-state index in [0.29, 0.717) is 5.82 Å². The summed E-state index contributed by atoms with van der Waals surface area (Å²) in [6.45, 7) is 2.03. The zero-order chi connectivity index (χ0) is 12.7. The van der Waals surface area contributed by atoms with Gasteiger partial charge in [-0.1, -0.05) is 0 Å². The molecule has 0 spiro atoms. The van der Waals surface area contributed by atoms with Crippen LogP contribution in [-0.2, 0) is 0 Å². The second-order valence-electron chi connectivity index (χ2n) is 4.07. The monoisotopic (exact) mass is 259 g/mol. The molecule has 18 heavy (non-hydrogen) atoms. The van der Waals surface area contributed by atoms with Gasteiger partial charge >= 0.3 is 0 Å². The molecule has 92 valence electrons. The van der Waals surface area contributed by atoms with Gasteiger partial charge in [-0.3, -0.25) is 4.40 Å². The molecule has 0 saturated heterocycles. The first-order valence-electron chi connectivity index (χ1n) is 5.57. The van der Waals surface area contributed by atoms with Crippen LogP contribution in [0.5, 0.6) is 5.75 Å². The van der Waals surface area contributed by atoms with Gasteiger partial charge in [-0.15, -0.1) is 11.3 Å². The van der Waals surface area contributed by atoms with E-state index in [-0.39, 0.29) is 0 Å². The Morgan fingerprint density at radius 3 is 2.61 bits per heavy atom. The minimum absolute atomic E-state index is 0.689. The minimum Gasteiger partial charge on any atom is -0.497 e. The number of nitrogens with two attached hydrogens (primary N) is 1. The predicted molar refractivity (Wildman–Crippen MR) is 74.2 cm³/mol. The van der Waals surface area contributed by atoms with Crippen molar-refractivity contribution in [2.75, 3.05) is 12.8 Å². The fourth-order valence-corrected chi connectivity index (χ4v) is 2.86. The van der Waals surface area contributed by atoms with Gasteiger partial charge in [0.05, 0.1) is 7.11 Å². The van der Waals surface area contributed by atoms with E-state index in [1.54, 1.807) is 18.4 Å². The van der Waals surface area contributed by atoms with Gasteiger partial charge in [-0.05, 0) is 31.2 Å². The van der Waals surface area contributed by atoms with Crippen LogP contribution < -0.4 is 10.5 Å². The number of thiazole rings is 1. The summed E-state index contributed by atoms with van der Waals surface area (Å²) in [6, 6.07) is 7.76. The van der Waals surface area contributed by atoms with Crippen molar-refractivity contribution >= 4 is 22.1 Å². The van der Waals surface area contributed by atoms with Crippen LogP contribution in [0.25, 0.3) is 16.2 Å². The van der Waals surface area contributed by atoms with E-state index in [1.807, 2.05) is 35.6 Å². The van der Waals surface area contributed by atoms with Gasteiger partial charge < -0.3 is 10.5 Å². The standard InChI is InChI=1S/C13H13N3OS/c1-8-7-18-13-15-11(12(14)16(8)13)9-3-5-10(17-2)6-4-9/h3-7H,14H2,1-2H3. The normalized spacial score (nSPS) is 11.0. The Kier molecular flexibility index (Phi) is 2.48. The molecule has 5 heteroatoms. The van der Waals surface area contributed by atoms with E-state index >= 15 is 0 Å². The lowest BCUT2D eigenvalue weighted by Crippen LogP contribution is -1.94. The number of ether oxygens (including phenoxy) is 1. The molecule has 4 nitrogen and oxygen atoms in total. The van der Waals surface area contributed by atoms with Crippen LogP contribution in [0.15, 0.2) is 29.6 Å². The molecule has 0 aliphatic rings. The summed E-state index contributed by atoms with van der Waals surface area (Å²) in [5.41, 5.74) is 9.10. The summed E-state index contributed by atoms with van der Waals surface area (Å²) in [6.07, 6.45) is 0. The van der Waals surface area contributed by atoms with Crippen molar-refractivity contribution in [3.63, 3.8) is 0 Å². The lowest BCUT2D eigenvalue weighted by molar-refractivity contribution is 0.415. The highest BCUT2D eigenvalue weighted by Gasteiger charge is 2.13. The summed E-state index contributed by atoms with van der Waals surface area (Å²) < 4.78 is 7.12. The van der Waals surface area contributed by atoms with Crippen LogP contribution >= 0.6 is 11.3 Å². The Hall–Kier alpha value is -2.01. The van der Waals surface area contributed by atoms with Gasteiger partial charge in [0.2, 0.25) is 0 Å². The Bertz CT molecular complexity index is 697. The number of methoxy groups -OCH3 is 1. The van der Waals surface area contributed by atoms with E-state index in [0.717, 1.165) is 27.7 Å². The van der Waals surface area contributed by atoms with Gasteiger partial charge in [0, 0.05) is 16.6 Å². The molecule has 0 fully saturated rings. The zero-order valence-electron chi connectivity index (χ0n) is 10.2. The van der Waals surface area contributed by atoms with Gasteiger partial charge in [-0.2, -0.15) is 0 Å². The maximum atomic E-state index is 6.16. The van der Waals surface area contributed by atoms with Crippen molar-refractivity contribution in [1.82, 2.24) is 9.38 Å². The molecule has 3 rings (SSSR count). The number of benzene rings is 1. The molecule has 3 aromatic rings. The lowest BCUT2D eigenvalue weighted by Gasteiger charge is -2.02. The Morgan fingerprint density at radius 1 is 1.28 bits per heavy atom. The summed E-state index contributed by atoms with van der Waals surface area (Å²) in [4.78, 5) is 5.50. The maximum Gasteiger partial charge on any atom is 0.196 e. The average Bonchev–Trinajstić information content (AvgIpc) is 2.92. The fourth-order valence-electron chi connectivity index (χ4n) is 1.98. The van der Waals surface area contributed by atoms with Crippen molar-refractivity contribution in [2.24, 2.45) is 0 Å². The highest BCUT2D eigenvalue weighted by atomic mass is 32.1. The molecular formula is C13H13N3OS. The molecule has 0 aliphatic carbocycles. The van der Waals surface area contributed by atoms with E-state index in [4.69, 9.17) is 10.5 Å². The number of fused-ring (bicyclic) bond motifs is 1. The number of nitrogen functional groups attached to an aromatic ring is 1. The van der Waals surface area contributed by atoms with Crippen molar-refractivity contribution in [3.8, 4) is 17.0 Å². The topological polar surface area (TPSA) is 52.5 Å². The quantitative estimate of drug-likeness (QED) is 0.769. The number of hydrogen-bond donors (Lipinski definition) is 1. The third-order valence-corrected chi connectivity index (χ3v) is 3.88. The number of aryl methyl sites for hydroxylation is 1. The molecule has 0 unspecified atom stereocenters. The number of imidazole rings is 1. The maximum absolute atomic E-state index is 6.16. The summed E-state index contributed by atoms with van der Waals surface area (Å²) in [5.74, 6) is 1.52. The molecule has 0 atom stereocenters. The molecule has 2 heterocycles. The predicted octanol–water partition coefficient (Wildman–Crippen LogP) is 2.96. The SMILES string of the molecule is COc1ccc(-c2nc3scc(C)n3c2N)cc1. The summed E-state index contributed by atoms with van der Waals surface area (Å²) in [5, 5.41) is 2.05. The third kappa shape index (κ3) is 1.55. The number of hydrogen-bond acceptors (Lipinski definition) is 4. The molecule has 0 saturated carbocycles. The number of nitrogens with zero attached hydrogens (tertiary/aromatic N) is 2. The van der Waals surface area contributed by atoms with Gasteiger partial charge in [0.1, 0.15) is 17.3 Å². The summed E-state index contributed by atoms with van der Waals surface area (Å²) >= 11 is 1.60. The van der Waals surface area contributed by atoms with Gasteiger partial charge in [0.25, 0.3) is 0 Å². The van der Waals surface area contributed by atoms with Crippen molar-refractivity contribution in [1.29, 1.82) is 0 Å². The average molecular weight is 259 g/mol. The molecule has 2 N–H and O–H groups in total. The largest absolute Gasteiger partial charge is 0.497 e. The molecule has 0 amide bonds. The first-order valence-corrected chi connectivity index (χ1v) is 6.45. The smallest absolute Gasteiger partial charge is 0.196 e. The number of aromatic nitrogens is 2. The van der Waals surface area contributed by atoms with Crippen LogP contribution in [0.1, 0.15) is 5.69 Å². The van der Waals surface area contributed by atoms with Crippen LogP contribution in [0, 0.1) is 6.92 Å². The highest BCUT2D eigenvalue weighted by Crippen LogP contribution is 2.30. The zero-order valence-corrected chi connectivity index (χ0v) is 11.0.